The minimum atomic E-state index is -0.518. The molecule has 2 N–H and O–H groups in total. The summed E-state index contributed by atoms with van der Waals surface area (Å²) >= 11 is 0. The Bertz CT molecular complexity index is 544. The van der Waals surface area contributed by atoms with E-state index in [2.05, 4.69) is 5.32 Å². The molecule has 0 saturated heterocycles. The zero-order valence-corrected chi connectivity index (χ0v) is 12.0. The van der Waals surface area contributed by atoms with Gasteiger partial charge in [0, 0.05) is 17.2 Å². The van der Waals surface area contributed by atoms with Gasteiger partial charge in [0.25, 0.3) is 11.6 Å². The number of amides is 1. The minimum Gasteiger partial charge on any atom is -0.391 e. The van der Waals surface area contributed by atoms with Crippen LogP contribution < -0.4 is 5.32 Å². The van der Waals surface area contributed by atoms with Crippen LogP contribution in [0, 0.1) is 17.0 Å². The smallest absolute Gasteiger partial charge is 0.272 e. The number of nitrogens with zero attached hydrogens (tertiary/aromatic N) is 1. The molecular weight excluding hydrogens is 272 g/mol. The number of rotatable bonds is 3. The molecule has 1 aromatic rings. The van der Waals surface area contributed by atoms with Crippen LogP contribution in [0.2, 0.25) is 0 Å². The number of aryl methyl sites for hydroxylation is 1. The van der Waals surface area contributed by atoms with Gasteiger partial charge in [-0.15, -0.1) is 0 Å². The normalized spacial score (nSPS) is 22.4. The lowest BCUT2D eigenvalue weighted by atomic mass is 10.0. The largest absolute Gasteiger partial charge is 0.391 e. The quantitative estimate of drug-likeness (QED) is 0.508. The van der Waals surface area contributed by atoms with Crippen LogP contribution in [-0.4, -0.2) is 28.1 Å². The molecule has 2 atom stereocenters. The van der Waals surface area contributed by atoms with Crippen LogP contribution >= 0.6 is 0 Å². The highest BCUT2D eigenvalue weighted by atomic mass is 16.6. The van der Waals surface area contributed by atoms with Crippen LogP contribution in [0.5, 0.6) is 0 Å². The van der Waals surface area contributed by atoms with Gasteiger partial charge in [-0.25, -0.2) is 0 Å². The van der Waals surface area contributed by atoms with E-state index in [1.807, 2.05) is 0 Å². The number of hydrogen-bond acceptors (Lipinski definition) is 4. The number of nitro benzene ring substituents is 1. The fraction of sp³-hybridized carbons (Fsp3) is 0.533. The molecule has 2 unspecified atom stereocenters. The van der Waals surface area contributed by atoms with Crippen LogP contribution in [-0.2, 0) is 0 Å². The van der Waals surface area contributed by atoms with Crippen molar-refractivity contribution in [2.24, 2.45) is 0 Å². The third-order valence-corrected chi connectivity index (χ3v) is 3.95. The number of carbonyl (C=O) groups excluding carboxylic acids is 1. The maximum atomic E-state index is 12.2. The molecule has 0 aliphatic heterocycles. The van der Waals surface area contributed by atoms with Crippen molar-refractivity contribution in [3.63, 3.8) is 0 Å². The van der Waals surface area contributed by atoms with Crippen molar-refractivity contribution < 1.29 is 14.8 Å². The van der Waals surface area contributed by atoms with Crippen molar-refractivity contribution in [2.75, 3.05) is 0 Å². The van der Waals surface area contributed by atoms with Crippen molar-refractivity contribution in [2.45, 2.75) is 51.2 Å². The van der Waals surface area contributed by atoms with Gasteiger partial charge in [0.05, 0.1) is 17.1 Å². The Morgan fingerprint density at radius 2 is 2.05 bits per heavy atom. The monoisotopic (exact) mass is 292 g/mol. The molecule has 1 amide bonds. The Morgan fingerprint density at radius 1 is 1.33 bits per heavy atom. The summed E-state index contributed by atoms with van der Waals surface area (Å²) in [7, 11) is 0. The van der Waals surface area contributed by atoms with E-state index in [0.29, 0.717) is 17.5 Å². The molecule has 0 radical (unpaired) electrons. The van der Waals surface area contributed by atoms with E-state index < -0.39 is 11.0 Å². The van der Waals surface area contributed by atoms with Crippen LogP contribution in [0.3, 0.4) is 0 Å². The van der Waals surface area contributed by atoms with Gasteiger partial charge >= 0.3 is 0 Å². The maximum absolute atomic E-state index is 12.2. The average molecular weight is 292 g/mol. The van der Waals surface area contributed by atoms with Gasteiger partial charge in [0.1, 0.15) is 0 Å². The van der Waals surface area contributed by atoms with E-state index in [-0.39, 0.29) is 17.6 Å². The van der Waals surface area contributed by atoms with E-state index in [1.165, 1.54) is 18.2 Å². The molecule has 1 fully saturated rings. The number of hydrogen-bond donors (Lipinski definition) is 2. The number of aliphatic hydroxyl groups is 1. The standard InChI is InChI=1S/C15H20N2O4/c1-10-9-11(7-8-13(10)17(20)21)15(19)16-12-5-3-2-4-6-14(12)18/h7-9,12,14,18H,2-6H2,1H3,(H,16,19). The lowest BCUT2D eigenvalue weighted by Gasteiger charge is -2.21. The van der Waals surface area contributed by atoms with Crippen LogP contribution in [0.25, 0.3) is 0 Å². The highest BCUT2D eigenvalue weighted by Gasteiger charge is 2.24. The Labute approximate surface area is 123 Å². The summed E-state index contributed by atoms with van der Waals surface area (Å²) in [6, 6.07) is 4.06. The average Bonchev–Trinajstić information content (AvgIpc) is 2.63. The molecule has 1 aromatic carbocycles. The second kappa shape index (κ2) is 6.67. The molecule has 1 aliphatic carbocycles. The summed E-state index contributed by atoms with van der Waals surface area (Å²) in [6.07, 6.45) is 3.98. The lowest BCUT2D eigenvalue weighted by molar-refractivity contribution is -0.385. The van der Waals surface area contributed by atoms with Crippen molar-refractivity contribution in [3.05, 3.63) is 39.4 Å². The van der Waals surface area contributed by atoms with E-state index >= 15 is 0 Å². The van der Waals surface area contributed by atoms with Crippen molar-refractivity contribution in [1.29, 1.82) is 0 Å². The first-order chi connectivity index (χ1) is 9.99. The highest BCUT2D eigenvalue weighted by Crippen LogP contribution is 2.21. The number of aliphatic hydroxyl groups excluding tert-OH is 1. The molecule has 1 aliphatic rings. The van der Waals surface area contributed by atoms with Gasteiger partial charge in [-0.05, 0) is 31.9 Å². The molecule has 2 rings (SSSR count). The van der Waals surface area contributed by atoms with Crippen LogP contribution in [0.1, 0.15) is 48.0 Å². The summed E-state index contributed by atoms with van der Waals surface area (Å²) in [6.45, 7) is 1.61. The van der Waals surface area contributed by atoms with Crippen LogP contribution in [0.15, 0.2) is 18.2 Å². The van der Waals surface area contributed by atoms with Crippen molar-refractivity contribution >= 4 is 11.6 Å². The molecular formula is C15H20N2O4. The molecule has 0 aromatic heterocycles. The van der Waals surface area contributed by atoms with Crippen molar-refractivity contribution in [3.8, 4) is 0 Å². The summed E-state index contributed by atoms with van der Waals surface area (Å²) in [5.41, 5.74) is 0.838. The summed E-state index contributed by atoms with van der Waals surface area (Å²) in [4.78, 5) is 22.5. The van der Waals surface area contributed by atoms with Gasteiger partial charge in [-0.1, -0.05) is 19.3 Å². The topological polar surface area (TPSA) is 92.5 Å². The number of carbonyl (C=O) groups is 1. The molecule has 6 nitrogen and oxygen atoms in total. The third kappa shape index (κ3) is 3.78. The van der Waals surface area contributed by atoms with E-state index in [0.717, 1.165) is 25.7 Å². The first kappa shape index (κ1) is 15.4. The van der Waals surface area contributed by atoms with Gasteiger partial charge in [0.15, 0.2) is 0 Å². The van der Waals surface area contributed by atoms with E-state index in [4.69, 9.17) is 0 Å². The molecule has 0 bridgehead atoms. The zero-order valence-electron chi connectivity index (χ0n) is 12.0. The van der Waals surface area contributed by atoms with E-state index in [9.17, 15) is 20.0 Å². The first-order valence-corrected chi connectivity index (χ1v) is 7.23. The number of benzene rings is 1. The minimum absolute atomic E-state index is 0.000973. The lowest BCUT2D eigenvalue weighted by Crippen LogP contribution is -2.42. The molecule has 114 valence electrons. The van der Waals surface area contributed by atoms with Gasteiger partial charge in [-0.3, -0.25) is 14.9 Å². The number of nitrogens with one attached hydrogen (secondary N) is 1. The first-order valence-electron chi connectivity index (χ1n) is 7.23. The van der Waals surface area contributed by atoms with Crippen LogP contribution in [0.4, 0.5) is 5.69 Å². The second-order valence-corrected chi connectivity index (χ2v) is 5.54. The summed E-state index contributed by atoms with van der Waals surface area (Å²) in [5, 5.41) is 23.6. The van der Waals surface area contributed by atoms with Gasteiger partial charge < -0.3 is 10.4 Å². The Hall–Kier alpha value is -1.95. The maximum Gasteiger partial charge on any atom is 0.272 e. The third-order valence-electron chi connectivity index (χ3n) is 3.95. The Balaban J connectivity index is 2.09. The molecule has 6 heteroatoms. The zero-order chi connectivity index (χ0) is 15.4. The molecule has 21 heavy (non-hydrogen) atoms. The predicted octanol–water partition coefficient (Wildman–Crippen LogP) is 2.33. The van der Waals surface area contributed by atoms with E-state index in [1.54, 1.807) is 6.92 Å². The molecule has 1 saturated carbocycles. The number of nitro groups is 1. The van der Waals surface area contributed by atoms with Gasteiger partial charge in [-0.2, -0.15) is 0 Å². The summed E-state index contributed by atoms with van der Waals surface area (Å²) < 4.78 is 0. The van der Waals surface area contributed by atoms with Gasteiger partial charge in [0.2, 0.25) is 0 Å². The van der Waals surface area contributed by atoms with Crippen molar-refractivity contribution in [1.82, 2.24) is 5.32 Å². The Kier molecular flexibility index (Phi) is 4.90. The molecule has 0 heterocycles. The fourth-order valence-corrected chi connectivity index (χ4v) is 2.71. The summed E-state index contributed by atoms with van der Waals surface area (Å²) in [5.74, 6) is -0.293. The molecule has 0 spiro atoms. The second-order valence-electron chi connectivity index (χ2n) is 5.54. The SMILES string of the molecule is Cc1cc(C(=O)NC2CCCCCC2O)ccc1[N+](=O)[O-]. The fourth-order valence-electron chi connectivity index (χ4n) is 2.71. The predicted molar refractivity (Wildman–Crippen MR) is 78.2 cm³/mol. The Morgan fingerprint density at radius 3 is 2.71 bits per heavy atom. The highest BCUT2D eigenvalue weighted by molar-refractivity contribution is 5.94.